The van der Waals surface area contributed by atoms with Crippen molar-refractivity contribution in [2.75, 3.05) is 6.54 Å². The molecule has 0 atom stereocenters. The second-order valence-corrected chi connectivity index (χ2v) is 5.87. The molecular weight excluding hydrogens is 212 g/mol. The molecule has 0 aromatic carbocycles. The minimum Gasteiger partial charge on any atom is -0.356 e. The van der Waals surface area contributed by atoms with Gasteiger partial charge >= 0.3 is 0 Å². The monoisotopic (exact) mass is 240 g/mol. The third kappa shape index (κ3) is 6.67. The first-order chi connectivity index (χ1) is 8.08. The fourth-order valence-corrected chi connectivity index (χ4v) is 2.46. The van der Waals surface area contributed by atoms with Crippen molar-refractivity contribution in [2.24, 2.45) is 17.6 Å². The van der Waals surface area contributed by atoms with E-state index in [0.717, 1.165) is 44.6 Å². The molecule has 3 nitrogen and oxygen atoms in total. The third-order valence-corrected chi connectivity index (χ3v) is 3.65. The van der Waals surface area contributed by atoms with Crippen molar-refractivity contribution in [3.63, 3.8) is 0 Å². The Morgan fingerprint density at radius 1 is 1.29 bits per heavy atom. The standard InChI is InChI=1S/C14H28N2O/c1-11(2)4-3-9-16-14(17)10-12-5-7-13(15)8-6-12/h11-13H,3-10,15H2,1-2H3,(H,16,17). The van der Waals surface area contributed by atoms with E-state index in [1.54, 1.807) is 0 Å². The first-order valence-corrected chi connectivity index (χ1v) is 7.10. The maximum absolute atomic E-state index is 11.7. The predicted octanol–water partition coefficient (Wildman–Crippen LogP) is 2.45. The van der Waals surface area contributed by atoms with E-state index in [0.29, 0.717) is 18.4 Å². The van der Waals surface area contributed by atoms with Crippen LogP contribution in [0.4, 0.5) is 0 Å². The molecule has 0 aromatic heterocycles. The van der Waals surface area contributed by atoms with E-state index >= 15 is 0 Å². The summed E-state index contributed by atoms with van der Waals surface area (Å²) in [5.41, 5.74) is 5.85. The molecule has 0 spiro atoms. The summed E-state index contributed by atoms with van der Waals surface area (Å²) < 4.78 is 0. The highest BCUT2D eigenvalue weighted by atomic mass is 16.1. The molecule has 17 heavy (non-hydrogen) atoms. The molecule has 3 heteroatoms. The number of hydrogen-bond donors (Lipinski definition) is 2. The largest absolute Gasteiger partial charge is 0.356 e. The van der Waals surface area contributed by atoms with Crippen molar-refractivity contribution in [1.29, 1.82) is 0 Å². The summed E-state index contributed by atoms with van der Waals surface area (Å²) in [6.45, 7) is 5.27. The van der Waals surface area contributed by atoms with Gasteiger partial charge in [-0.2, -0.15) is 0 Å². The number of carbonyl (C=O) groups excluding carboxylic acids is 1. The lowest BCUT2D eigenvalue weighted by Crippen LogP contribution is -2.31. The van der Waals surface area contributed by atoms with E-state index in [4.69, 9.17) is 5.73 Å². The Hall–Kier alpha value is -0.570. The highest BCUT2D eigenvalue weighted by Crippen LogP contribution is 2.25. The van der Waals surface area contributed by atoms with Crippen LogP contribution in [0.15, 0.2) is 0 Å². The summed E-state index contributed by atoms with van der Waals surface area (Å²) in [5.74, 6) is 1.53. The second kappa shape index (κ2) is 7.70. The molecule has 1 saturated carbocycles. The molecule has 0 heterocycles. The summed E-state index contributed by atoms with van der Waals surface area (Å²) in [7, 11) is 0. The minimum atomic E-state index is 0.231. The maximum atomic E-state index is 11.7. The first kappa shape index (κ1) is 14.5. The van der Waals surface area contributed by atoms with Gasteiger partial charge in [-0.1, -0.05) is 13.8 Å². The van der Waals surface area contributed by atoms with Gasteiger partial charge in [0.2, 0.25) is 5.91 Å². The molecule has 1 aliphatic rings. The summed E-state index contributed by atoms with van der Waals surface area (Å²) in [5, 5.41) is 3.03. The molecule has 0 radical (unpaired) electrons. The number of hydrogen-bond acceptors (Lipinski definition) is 2. The minimum absolute atomic E-state index is 0.231. The average molecular weight is 240 g/mol. The lowest BCUT2D eigenvalue weighted by molar-refractivity contribution is -0.122. The van der Waals surface area contributed by atoms with E-state index in [9.17, 15) is 4.79 Å². The van der Waals surface area contributed by atoms with Crippen molar-refractivity contribution in [3.05, 3.63) is 0 Å². The van der Waals surface area contributed by atoms with Crippen LogP contribution in [0, 0.1) is 11.8 Å². The van der Waals surface area contributed by atoms with Crippen molar-refractivity contribution < 1.29 is 4.79 Å². The zero-order chi connectivity index (χ0) is 12.7. The molecule has 0 bridgehead atoms. The second-order valence-electron chi connectivity index (χ2n) is 5.87. The van der Waals surface area contributed by atoms with E-state index < -0.39 is 0 Å². The van der Waals surface area contributed by atoms with E-state index in [1.807, 2.05) is 0 Å². The van der Waals surface area contributed by atoms with Gasteiger partial charge in [-0.3, -0.25) is 4.79 Å². The molecule has 0 aromatic rings. The molecule has 1 rings (SSSR count). The van der Waals surface area contributed by atoms with Gasteiger partial charge < -0.3 is 11.1 Å². The highest BCUT2D eigenvalue weighted by Gasteiger charge is 2.20. The van der Waals surface area contributed by atoms with E-state index in [1.165, 1.54) is 6.42 Å². The Morgan fingerprint density at radius 2 is 1.94 bits per heavy atom. The number of carbonyl (C=O) groups is 1. The van der Waals surface area contributed by atoms with Gasteiger partial charge in [-0.05, 0) is 50.4 Å². The van der Waals surface area contributed by atoms with Gasteiger partial charge in [0.05, 0.1) is 0 Å². The van der Waals surface area contributed by atoms with Crippen molar-refractivity contribution in [3.8, 4) is 0 Å². The van der Waals surface area contributed by atoms with Gasteiger partial charge in [0.1, 0.15) is 0 Å². The number of amides is 1. The Morgan fingerprint density at radius 3 is 2.53 bits per heavy atom. The van der Waals surface area contributed by atoms with Crippen LogP contribution in [0.25, 0.3) is 0 Å². The SMILES string of the molecule is CC(C)CCCNC(=O)CC1CCC(N)CC1. The molecule has 0 aliphatic heterocycles. The van der Waals surface area contributed by atoms with Crippen molar-refractivity contribution in [1.82, 2.24) is 5.32 Å². The molecule has 1 amide bonds. The van der Waals surface area contributed by atoms with Crippen LogP contribution in [0.5, 0.6) is 0 Å². The molecule has 0 saturated heterocycles. The quantitative estimate of drug-likeness (QED) is 0.701. The van der Waals surface area contributed by atoms with Gasteiger partial charge in [-0.25, -0.2) is 0 Å². The lowest BCUT2D eigenvalue weighted by atomic mass is 9.84. The molecule has 100 valence electrons. The number of nitrogens with one attached hydrogen (secondary N) is 1. The predicted molar refractivity (Wildman–Crippen MR) is 71.6 cm³/mol. The van der Waals surface area contributed by atoms with Gasteiger partial charge in [0.15, 0.2) is 0 Å². The van der Waals surface area contributed by atoms with Crippen molar-refractivity contribution in [2.45, 2.75) is 64.8 Å². The number of rotatable bonds is 6. The Kier molecular flexibility index (Phi) is 6.56. The highest BCUT2D eigenvalue weighted by molar-refractivity contribution is 5.76. The van der Waals surface area contributed by atoms with Crippen LogP contribution in [0.3, 0.4) is 0 Å². The van der Waals surface area contributed by atoms with Gasteiger partial charge in [0, 0.05) is 19.0 Å². The summed E-state index contributed by atoms with van der Waals surface area (Å²) >= 11 is 0. The average Bonchev–Trinajstić information content (AvgIpc) is 2.27. The van der Waals surface area contributed by atoms with Gasteiger partial charge in [-0.15, -0.1) is 0 Å². The fraction of sp³-hybridized carbons (Fsp3) is 0.929. The zero-order valence-corrected chi connectivity index (χ0v) is 11.4. The van der Waals surface area contributed by atoms with Crippen LogP contribution >= 0.6 is 0 Å². The first-order valence-electron chi connectivity index (χ1n) is 7.10. The van der Waals surface area contributed by atoms with Crippen molar-refractivity contribution >= 4 is 5.91 Å². The van der Waals surface area contributed by atoms with Crippen LogP contribution < -0.4 is 11.1 Å². The molecule has 0 unspecified atom stereocenters. The summed E-state index contributed by atoms with van der Waals surface area (Å²) in [4.78, 5) is 11.7. The normalized spacial score (nSPS) is 24.9. The topological polar surface area (TPSA) is 55.1 Å². The van der Waals surface area contributed by atoms with Crippen LogP contribution in [-0.4, -0.2) is 18.5 Å². The maximum Gasteiger partial charge on any atom is 0.220 e. The van der Waals surface area contributed by atoms with Crippen LogP contribution in [0.2, 0.25) is 0 Å². The molecule has 1 aliphatic carbocycles. The number of nitrogens with two attached hydrogens (primary N) is 1. The van der Waals surface area contributed by atoms with Crippen LogP contribution in [0.1, 0.15) is 58.8 Å². The third-order valence-electron chi connectivity index (χ3n) is 3.65. The van der Waals surface area contributed by atoms with E-state index in [-0.39, 0.29) is 5.91 Å². The Balaban J connectivity index is 2.04. The van der Waals surface area contributed by atoms with Crippen LogP contribution in [-0.2, 0) is 4.79 Å². The molecular formula is C14H28N2O. The summed E-state index contributed by atoms with van der Waals surface area (Å²) in [6.07, 6.45) is 7.42. The fourth-order valence-electron chi connectivity index (χ4n) is 2.46. The lowest BCUT2D eigenvalue weighted by Gasteiger charge is -2.25. The summed E-state index contributed by atoms with van der Waals surface area (Å²) in [6, 6.07) is 0.375. The zero-order valence-electron chi connectivity index (χ0n) is 11.4. The smallest absolute Gasteiger partial charge is 0.220 e. The molecule has 3 N–H and O–H groups in total. The Labute approximate surface area is 106 Å². The van der Waals surface area contributed by atoms with Gasteiger partial charge in [0.25, 0.3) is 0 Å². The van der Waals surface area contributed by atoms with E-state index in [2.05, 4.69) is 19.2 Å². The molecule has 1 fully saturated rings. The Bertz CT molecular complexity index is 220.